The molecule has 0 rings (SSSR count). The minimum absolute atomic E-state index is 0.0253. The Balaban J connectivity index is 4.74. The summed E-state index contributed by atoms with van der Waals surface area (Å²) in [6.07, 6.45) is 71.8. The summed E-state index contributed by atoms with van der Waals surface area (Å²) in [4.78, 5) is 26.2. The molecule has 0 radical (unpaired) electrons. The van der Waals surface area contributed by atoms with Crippen molar-refractivity contribution in [3.05, 3.63) is 97.2 Å². The molecule has 0 saturated carbocycles. The minimum atomic E-state index is -0.812. The smallest absolute Gasteiger partial charge is 0.306 e. The highest BCUT2D eigenvalue weighted by Crippen LogP contribution is 2.17. The van der Waals surface area contributed by atoms with Gasteiger partial charge in [-0.1, -0.05) is 246 Å². The molecule has 0 bridgehead atoms. The largest absolute Gasteiger partial charge is 0.462 e. The van der Waals surface area contributed by atoms with Gasteiger partial charge in [0.15, 0.2) is 0 Å². The zero-order valence-electron chi connectivity index (χ0n) is 43.8. The third kappa shape index (κ3) is 49.0. The van der Waals surface area contributed by atoms with Crippen LogP contribution in [-0.4, -0.2) is 46.9 Å². The number of amides is 1. The molecule has 3 unspecified atom stereocenters. The molecule has 0 saturated heterocycles. The molecule has 0 aliphatic carbocycles. The predicted molar refractivity (Wildman–Crippen MR) is 291 cm³/mol. The Morgan fingerprint density at radius 3 is 1.36 bits per heavy atom. The number of carbonyl (C=O) groups excluding carboxylic acids is 2. The topological polar surface area (TPSA) is 95.9 Å². The highest BCUT2D eigenvalue weighted by atomic mass is 16.5. The zero-order chi connectivity index (χ0) is 48.8. The summed E-state index contributed by atoms with van der Waals surface area (Å²) in [5.41, 5.74) is 0. The first kappa shape index (κ1) is 63.8. The summed E-state index contributed by atoms with van der Waals surface area (Å²) >= 11 is 0. The molecule has 0 aromatic carbocycles. The first-order valence-corrected chi connectivity index (χ1v) is 28.0. The van der Waals surface area contributed by atoms with Crippen LogP contribution in [0, 0.1) is 0 Å². The SMILES string of the molecule is CC/C=C\C/C=C\C/C=C\C/C=C\C/C=C\CCCC(CC(=O)NC(CO)C(O)CCCCCCCCCCCCCCC)OC(=O)CCCCCCC/C=C/C=C/C=C/CCCCCCC. The van der Waals surface area contributed by atoms with Crippen LogP contribution in [0.15, 0.2) is 97.2 Å². The molecule has 0 aliphatic heterocycles. The fourth-order valence-corrected chi connectivity index (χ4v) is 7.99. The molecule has 0 aromatic heterocycles. The highest BCUT2D eigenvalue weighted by Gasteiger charge is 2.24. The summed E-state index contributed by atoms with van der Waals surface area (Å²) in [7, 11) is 0. The Kier molecular flexibility index (Phi) is 51.1. The van der Waals surface area contributed by atoms with Crippen LogP contribution in [0.3, 0.4) is 0 Å². The number of allylic oxidation sites excluding steroid dienone is 16. The van der Waals surface area contributed by atoms with E-state index in [1.807, 2.05) is 0 Å². The molecular formula is C61H105NO5. The van der Waals surface area contributed by atoms with E-state index in [0.717, 1.165) is 109 Å². The number of hydrogen-bond acceptors (Lipinski definition) is 5. The Morgan fingerprint density at radius 1 is 0.463 bits per heavy atom. The molecule has 0 aliphatic rings. The average molecular weight is 933 g/mol. The molecule has 0 aromatic rings. The maximum absolute atomic E-state index is 13.2. The van der Waals surface area contributed by atoms with E-state index in [-0.39, 0.29) is 24.9 Å². The first-order chi connectivity index (χ1) is 33.0. The summed E-state index contributed by atoms with van der Waals surface area (Å²) in [6.45, 7) is 6.34. The quantitative estimate of drug-likeness (QED) is 0.0244. The number of unbranched alkanes of at least 4 members (excludes halogenated alkanes) is 23. The minimum Gasteiger partial charge on any atom is -0.462 e. The van der Waals surface area contributed by atoms with Crippen LogP contribution < -0.4 is 5.32 Å². The van der Waals surface area contributed by atoms with Crippen LogP contribution in [0.25, 0.3) is 0 Å². The Bertz CT molecular complexity index is 1320. The van der Waals surface area contributed by atoms with Gasteiger partial charge in [0.2, 0.25) is 5.91 Å². The second-order valence-electron chi connectivity index (χ2n) is 18.7. The van der Waals surface area contributed by atoms with Crippen LogP contribution >= 0.6 is 0 Å². The van der Waals surface area contributed by atoms with Gasteiger partial charge in [0.05, 0.1) is 25.2 Å². The number of rotatable bonds is 49. The molecular weight excluding hydrogens is 827 g/mol. The van der Waals surface area contributed by atoms with Gasteiger partial charge in [0.1, 0.15) is 6.10 Å². The number of esters is 1. The van der Waals surface area contributed by atoms with E-state index in [2.05, 4.69) is 123 Å². The summed E-state index contributed by atoms with van der Waals surface area (Å²) in [5, 5.41) is 23.8. The van der Waals surface area contributed by atoms with Crippen molar-refractivity contribution in [1.82, 2.24) is 5.32 Å². The van der Waals surface area contributed by atoms with Crippen LogP contribution in [0.1, 0.15) is 252 Å². The average Bonchev–Trinajstić information content (AvgIpc) is 3.32. The van der Waals surface area contributed by atoms with Crippen molar-refractivity contribution < 1.29 is 24.5 Å². The standard InChI is InChI=1S/C61H105NO5/c1-4-7-10-13-16-19-22-25-27-29-31-33-36-39-42-45-48-51-54-61(66)67-57(52-49-46-43-40-37-35-32-30-28-26-23-20-17-14-11-8-5-2)55-60(65)62-58(56-63)59(64)53-50-47-44-41-38-34-24-21-18-15-12-9-6-3/h8,11,17,20,22,25-29,31-33,35,40,43,57-59,63-64H,4-7,9-10,12-16,18-19,21,23-24,30,34,36-39,41-42,44-56H2,1-3H3,(H,62,65)/b11-8-,20-17-,25-22+,28-26-,29-27+,33-31+,35-32-,43-40-. The predicted octanol–water partition coefficient (Wildman–Crippen LogP) is 17.3. The van der Waals surface area contributed by atoms with Gasteiger partial charge in [-0.25, -0.2) is 0 Å². The number of aliphatic hydroxyl groups excluding tert-OH is 2. The van der Waals surface area contributed by atoms with Gasteiger partial charge >= 0.3 is 5.97 Å². The van der Waals surface area contributed by atoms with Gasteiger partial charge in [-0.15, -0.1) is 0 Å². The number of carbonyl (C=O) groups is 2. The lowest BCUT2D eigenvalue weighted by atomic mass is 10.0. The van der Waals surface area contributed by atoms with E-state index in [4.69, 9.17) is 4.74 Å². The second kappa shape index (κ2) is 53.7. The Labute approximate surface area is 414 Å². The van der Waals surface area contributed by atoms with E-state index >= 15 is 0 Å². The number of nitrogens with one attached hydrogen (secondary N) is 1. The van der Waals surface area contributed by atoms with Crippen molar-refractivity contribution in [2.75, 3.05) is 6.61 Å². The van der Waals surface area contributed by atoms with Crippen molar-refractivity contribution in [3.8, 4) is 0 Å². The summed E-state index contributed by atoms with van der Waals surface area (Å²) < 4.78 is 5.92. The molecule has 384 valence electrons. The molecule has 67 heavy (non-hydrogen) atoms. The molecule has 0 spiro atoms. The van der Waals surface area contributed by atoms with E-state index in [1.54, 1.807) is 0 Å². The van der Waals surface area contributed by atoms with Crippen LogP contribution in [0.4, 0.5) is 0 Å². The van der Waals surface area contributed by atoms with Crippen LogP contribution in [0.5, 0.6) is 0 Å². The molecule has 0 heterocycles. The lowest BCUT2D eigenvalue weighted by Gasteiger charge is -2.24. The third-order valence-corrected chi connectivity index (χ3v) is 12.2. The van der Waals surface area contributed by atoms with Gasteiger partial charge in [-0.3, -0.25) is 9.59 Å². The monoisotopic (exact) mass is 932 g/mol. The van der Waals surface area contributed by atoms with Crippen molar-refractivity contribution in [1.29, 1.82) is 0 Å². The normalized spacial score (nSPS) is 13.9. The zero-order valence-corrected chi connectivity index (χ0v) is 43.8. The van der Waals surface area contributed by atoms with Gasteiger partial charge in [0.25, 0.3) is 0 Å². The Morgan fingerprint density at radius 2 is 0.881 bits per heavy atom. The van der Waals surface area contributed by atoms with Gasteiger partial charge < -0.3 is 20.3 Å². The molecule has 6 nitrogen and oxygen atoms in total. The van der Waals surface area contributed by atoms with Gasteiger partial charge in [0, 0.05) is 6.42 Å². The molecule has 3 N–H and O–H groups in total. The molecule has 0 fully saturated rings. The second-order valence-corrected chi connectivity index (χ2v) is 18.7. The van der Waals surface area contributed by atoms with Crippen molar-refractivity contribution in [3.63, 3.8) is 0 Å². The van der Waals surface area contributed by atoms with Gasteiger partial charge in [-0.2, -0.15) is 0 Å². The Hall–Kier alpha value is -3.22. The van der Waals surface area contributed by atoms with Crippen LogP contribution in [0.2, 0.25) is 0 Å². The summed E-state index contributed by atoms with van der Waals surface area (Å²) in [6, 6.07) is -0.730. The summed E-state index contributed by atoms with van der Waals surface area (Å²) in [5.74, 6) is -0.556. The van der Waals surface area contributed by atoms with E-state index in [1.165, 1.54) is 96.3 Å². The fraction of sp³-hybridized carbons (Fsp3) is 0.705. The van der Waals surface area contributed by atoms with Crippen molar-refractivity contribution in [2.24, 2.45) is 0 Å². The molecule has 1 amide bonds. The van der Waals surface area contributed by atoms with E-state index in [9.17, 15) is 19.8 Å². The maximum Gasteiger partial charge on any atom is 0.306 e. The highest BCUT2D eigenvalue weighted by molar-refractivity contribution is 5.77. The lowest BCUT2D eigenvalue weighted by Crippen LogP contribution is -2.46. The van der Waals surface area contributed by atoms with Crippen LogP contribution in [-0.2, 0) is 14.3 Å². The van der Waals surface area contributed by atoms with E-state index < -0.39 is 18.2 Å². The lowest BCUT2D eigenvalue weighted by molar-refractivity contribution is -0.151. The van der Waals surface area contributed by atoms with E-state index in [0.29, 0.717) is 19.3 Å². The van der Waals surface area contributed by atoms with Crippen molar-refractivity contribution in [2.45, 2.75) is 270 Å². The third-order valence-electron chi connectivity index (χ3n) is 12.2. The number of aliphatic hydroxyl groups is 2. The number of hydrogen-bond donors (Lipinski definition) is 3. The van der Waals surface area contributed by atoms with Crippen molar-refractivity contribution >= 4 is 11.9 Å². The maximum atomic E-state index is 13.2. The molecule has 6 heteroatoms. The first-order valence-electron chi connectivity index (χ1n) is 28.0. The van der Waals surface area contributed by atoms with Gasteiger partial charge in [-0.05, 0) is 89.9 Å². The molecule has 3 atom stereocenters. The number of ether oxygens (including phenoxy) is 1. The fourth-order valence-electron chi connectivity index (χ4n) is 7.99.